The first-order chi connectivity index (χ1) is 17.1. The summed E-state index contributed by atoms with van der Waals surface area (Å²) in [7, 11) is -5.26. The minimum absolute atomic E-state index is 0. The molecule has 0 aromatic carbocycles. The first-order valence-electron chi connectivity index (χ1n) is 15.1. The molecule has 0 amide bonds. The summed E-state index contributed by atoms with van der Waals surface area (Å²) in [5, 5.41) is 0. The van der Waals surface area contributed by atoms with Crippen molar-refractivity contribution in [2.45, 2.75) is 129 Å². The van der Waals surface area contributed by atoms with Gasteiger partial charge in [-0.3, -0.25) is 9.58 Å². The number of hydrogen-bond donors (Lipinski definition) is 0. The van der Waals surface area contributed by atoms with E-state index < -0.39 is 48.9 Å². The molecule has 2 rings (SSSR count). The van der Waals surface area contributed by atoms with Gasteiger partial charge in [-0.2, -0.15) is 0 Å². The summed E-state index contributed by atoms with van der Waals surface area (Å²) in [6, 6.07) is 2.85. The van der Waals surface area contributed by atoms with E-state index in [4.69, 9.17) is 18.3 Å². The van der Waals surface area contributed by atoms with Gasteiger partial charge in [0.25, 0.3) is 0 Å². The van der Waals surface area contributed by atoms with Crippen LogP contribution in [-0.2, 0) is 18.3 Å². The molecular weight excluding hydrogens is 974 g/mol. The number of hydrogen-bond acceptors (Lipinski definition) is 4. The van der Waals surface area contributed by atoms with E-state index in [2.05, 4.69) is 91.7 Å². The van der Waals surface area contributed by atoms with Gasteiger partial charge in [-0.05, 0) is 25.7 Å². The van der Waals surface area contributed by atoms with Crippen LogP contribution in [0.2, 0.25) is 104 Å². The van der Waals surface area contributed by atoms with Gasteiger partial charge in [0.2, 0.25) is 0 Å². The second kappa shape index (κ2) is 24.7. The molecule has 0 saturated carbocycles. The molecule has 0 unspecified atom stereocenters. The Hall–Kier alpha value is 4.55. The van der Waals surface area contributed by atoms with Crippen molar-refractivity contribution in [3.8, 4) is 0 Å². The summed E-state index contributed by atoms with van der Waals surface area (Å²) >= 11 is 0. The first-order valence-corrected chi connectivity index (χ1v) is 34.3. The van der Waals surface area contributed by atoms with Gasteiger partial charge >= 0.3 is 59.7 Å². The molecule has 2 heterocycles. The molecule has 2 aliphatic heterocycles. The average Bonchev–Trinajstić information content (AvgIpc) is 3.48. The number of halogens is 2. The van der Waals surface area contributed by atoms with Crippen LogP contribution in [-0.4, -0.2) is 89.6 Å². The Bertz CT molecular complexity index is 603. The Labute approximate surface area is 349 Å². The Morgan fingerprint density at radius 3 is 0.833 bits per heavy atom. The summed E-state index contributed by atoms with van der Waals surface area (Å²) < 4.78 is 22.3. The molecule has 4 nitrogen and oxygen atoms in total. The second-order valence-electron chi connectivity index (χ2n) is 15.6. The Balaban J connectivity index is -0.000000271. The molecule has 14 heteroatoms. The summed E-state index contributed by atoms with van der Waals surface area (Å²) in [5.74, 6) is 0. The number of ether oxygens (including phenoxy) is 2. The fraction of sp³-hybridized carbons (Fsp3) is 0.929. The molecule has 0 aromatic rings. The van der Waals surface area contributed by atoms with Crippen molar-refractivity contribution >= 4 is 48.9 Å². The van der Waals surface area contributed by atoms with Crippen LogP contribution < -0.4 is 66.8 Å². The van der Waals surface area contributed by atoms with Gasteiger partial charge in [-0.1, -0.05) is 136 Å². The summed E-state index contributed by atoms with van der Waals surface area (Å²) in [6.45, 7) is 39.6. The normalized spacial score (nSPS) is 16.1. The summed E-state index contributed by atoms with van der Waals surface area (Å²) in [4.78, 5) is 3.88. The van der Waals surface area contributed by atoms with Crippen molar-refractivity contribution in [3.05, 3.63) is 9.58 Å². The fourth-order valence-corrected chi connectivity index (χ4v) is 59.9. The zero-order chi connectivity index (χ0) is 30.1. The molecule has 42 heavy (non-hydrogen) atoms. The largest absolute Gasteiger partial charge is 3.00 e. The fourth-order valence-electron chi connectivity index (χ4n) is 7.57. The van der Waals surface area contributed by atoms with E-state index in [0.717, 1.165) is 26.4 Å². The van der Waals surface area contributed by atoms with Crippen LogP contribution in [0.25, 0.3) is 0 Å². The van der Waals surface area contributed by atoms with Gasteiger partial charge in [0, 0.05) is 57.3 Å². The monoisotopic (exact) mass is 1040 g/mol. The average molecular weight is 1040 g/mol. The standard InChI is InChI=1S/C20H52O2Si6.2C4H8O.2HI.Li.Nd/c1-21-27(13,14)19(23(3,4)5)25(9,10)17-18-26(11,12)20(24(6,7)8)28(15,16)22-2;2*1-2-4-5-3-1;;;;/h17-18H2,1-16H3;2*1-4H2;2*1H;;/q-2;;;;;+1;+3/p-2. The second-order valence-corrected chi connectivity index (χ2v) is 46.0. The topological polar surface area (TPSA) is 36.9 Å². The number of rotatable bonds is 11. The van der Waals surface area contributed by atoms with Gasteiger partial charge in [0.1, 0.15) is 0 Å². The van der Waals surface area contributed by atoms with Crippen LogP contribution in [0.3, 0.4) is 0 Å². The van der Waals surface area contributed by atoms with Crippen LogP contribution in [0.5, 0.6) is 0 Å². The SMILES string of the molecule is C1CCOC1.C1CCOC1.CO[Si](C)(C)[C-]([Si](C)(C)C)[Si](C)(C)CC[Si](C)(C)[C-]([Si](C)(C)C)[Si](C)(C)OC.[I-].[I-].[Li+].[Nd+3]. The predicted molar refractivity (Wildman–Crippen MR) is 187 cm³/mol. The third-order valence-electron chi connectivity index (χ3n) is 8.11. The van der Waals surface area contributed by atoms with E-state index in [1.165, 1.54) is 37.8 Å². The molecule has 0 atom stereocenters. The zero-order valence-corrected chi connectivity index (χ0v) is 44.5. The predicted octanol–water partition coefficient (Wildman–Crippen LogP) is -0.228. The third-order valence-corrected chi connectivity index (χ3v) is 46.1. The molecule has 247 valence electrons. The summed E-state index contributed by atoms with van der Waals surface area (Å²) in [6.07, 6.45) is 5.11. The molecule has 0 aromatic heterocycles. The van der Waals surface area contributed by atoms with Gasteiger partial charge in [-0.25, -0.2) is 0 Å². The first kappa shape index (κ1) is 55.9. The molecule has 0 spiro atoms. The van der Waals surface area contributed by atoms with Crippen LogP contribution in [0.1, 0.15) is 25.7 Å². The molecule has 2 fully saturated rings. The molecule has 0 bridgehead atoms. The van der Waals surface area contributed by atoms with Gasteiger partial charge in [0.15, 0.2) is 0 Å². The van der Waals surface area contributed by atoms with Gasteiger partial charge < -0.3 is 66.3 Å². The molecular formula is C28H68I2LiNdO4Si6. The molecule has 2 aliphatic rings. The van der Waals surface area contributed by atoms with Crippen LogP contribution in [0.15, 0.2) is 0 Å². The van der Waals surface area contributed by atoms with E-state index in [0.29, 0.717) is 0 Å². The Morgan fingerprint density at radius 2 is 0.714 bits per heavy atom. The van der Waals surface area contributed by atoms with Crippen molar-refractivity contribution < 1.29 is 126 Å². The van der Waals surface area contributed by atoms with Crippen LogP contribution >= 0.6 is 0 Å². The molecule has 2 saturated heterocycles. The zero-order valence-electron chi connectivity index (χ0n) is 31.0. The van der Waals surface area contributed by atoms with Crippen molar-refractivity contribution in [1.82, 2.24) is 0 Å². The van der Waals surface area contributed by atoms with Crippen molar-refractivity contribution in [1.29, 1.82) is 0 Å². The smallest absolute Gasteiger partial charge is 1.00 e. The Morgan fingerprint density at radius 1 is 0.500 bits per heavy atom. The maximum absolute atomic E-state index is 6.19. The van der Waals surface area contributed by atoms with E-state index >= 15 is 0 Å². The van der Waals surface area contributed by atoms with Gasteiger partial charge in [-0.15, -0.1) is 0 Å². The minimum Gasteiger partial charge on any atom is -1.00 e. The quantitative estimate of drug-likeness (QED) is 0.163. The van der Waals surface area contributed by atoms with Crippen LogP contribution in [0, 0.1) is 50.4 Å². The van der Waals surface area contributed by atoms with Crippen molar-refractivity contribution in [2.24, 2.45) is 0 Å². The van der Waals surface area contributed by atoms with Crippen LogP contribution in [0.4, 0.5) is 0 Å². The van der Waals surface area contributed by atoms with E-state index in [9.17, 15) is 0 Å². The Kier molecular flexibility index (Phi) is 32.8. The van der Waals surface area contributed by atoms with Crippen molar-refractivity contribution in [3.63, 3.8) is 0 Å². The maximum Gasteiger partial charge on any atom is 3.00 e. The van der Waals surface area contributed by atoms with Gasteiger partial charge in [0.05, 0.1) is 0 Å². The van der Waals surface area contributed by atoms with E-state index in [1.54, 1.807) is 0 Å². The third kappa shape index (κ3) is 20.9. The van der Waals surface area contributed by atoms with E-state index in [-0.39, 0.29) is 108 Å². The minimum atomic E-state index is -1.74. The summed E-state index contributed by atoms with van der Waals surface area (Å²) in [5.41, 5.74) is 0. The molecule has 0 N–H and O–H groups in total. The maximum atomic E-state index is 6.19. The molecule has 1 radical (unpaired) electrons. The van der Waals surface area contributed by atoms with E-state index in [1.807, 2.05) is 23.8 Å². The van der Waals surface area contributed by atoms with Crippen molar-refractivity contribution in [2.75, 3.05) is 40.6 Å². The molecule has 0 aliphatic carbocycles.